The van der Waals surface area contributed by atoms with Crippen LogP contribution in [0.15, 0.2) is 17.2 Å². The quantitative estimate of drug-likeness (QED) is 0.733. The Morgan fingerprint density at radius 2 is 2.47 bits per heavy atom. The number of nitrogens with zero attached hydrogens (tertiary/aromatic N) is 2. The van der Waals surface area contributed by atoms with E-state index in [-0.39, 0.29) is 35.7 Å². The Morgan fingerprint density at radius 1 is 1.71 bits per heavy atom. The summed E-state index contributed by atoms with van der Waals surface area (Å²) in [5.74, 6) is 0.0383. The Kier molecular flexibility index (Phi) is 3.23. The Bertz CT molecular complexity index is 451. The van der Waals surface area contributed by atoms with Crippen LogP contribution in [0.1, 0.15) is 23.8 Å². The summed E-state index contributed by atoms with van der Waals surface area (Å²) in [5.41, 5.74) is -0.132. The summed E-state index contributed by atoms with van der Waals surface area (Å²) in [5, 5.41) is 9.27. The number of rotatable bonds is 2. The molecule has 0 spiro atoms. The third-order valence-corrected chi connectivity index (χ3v) is 3.22. The molecule has 2 N–H and O–H groups in total. The Hall–Kier alpha value is -1.69. The van der Waals surface area contributed by atoms with E-state index in [0.29, 0.717) is 6.54 Å². The van der Waals surface area contributed by atoms with Crippen molar-refractivity contribution in [2.45, 2.75) is 19.4 Å². The normalized spacial score (nSPS) is 24.0. The van der Waals surface area contributed by atoms with Crippen LogP contribution in [-0.4, -0.2) is 45.1 Å². The van der Waals surface area contributed by atoms with E-state index in [4.69, 9.17) is 0 Å². The van der Waals surface area contributed by atoms with Crippen LogP contribution >= 0.6 is 0 Å². The number of hydrogen-bond donors (Lipinski definition) is 2. The van der Waals surface area contributed by atoms with Gasteiger partial charge in [-0.3, -0.25) is 9.59 Å². The standard InChI is InChI=1S/C11H15N3O3/c1-7-2-3-14(9(7)6-15)11(17)8-4-13-10(16)5-12-8/h4-5,7,9,15H,2-3,6H2,1H3,(H,13,16). The first-order valence-corrected chi connectivity index (χ1v) is 5.60. The summed E-state index contributed by atoms with van der Waals surface area (Å²) >= 11 is 0. The number of aromatic nitrogens is 2. The minimum Gasteiger partial charge on any atom is -0.394 e. The number of aliphatic hydroxyl groups is 1. The first-order chi connectivity index (χ1) is 8.13. The van der Waals surface area contributed by atoms with Crippen LogP contribution in [-0.2, 0) is 0 Å². The van der Waals surface area contributed by atoms with Crippen molar-refractivity contribution in [1.29, 1.82) is 0 Å². The number of hydrogen-bond acceptors (Lipinski definition) is 4. The van der Waals surface area contributed by atoms with E-state index >= 15 is 0 Å². The number of likely N-dealkylation sites (tertiary alicyclic amines) is 1. The zero-order valence-corrected chi connectivity index (χ0v) is 9.59. The molecular weight excluding hydrogens is 222 g/mol. The van der Waals surface area contributed by atoms with Gasteiger partial charge in [0.2, 0.25) is 0 Å². The molecule has 1 aromatic rings. The van der Waals surface area contributed by atoms with E-state index in [9.17, 15) is 14.7 Å². The highest BCUT2D eigenvalue weighted by Gasteiger charge is 2.34. The monoisotopic (exact) mass is 237 g/mol. The molecule has 6 nitrogen and oxygen atoms in total. The molecule has 2 rings (SSSR count). The third kappa shape index (κ3) is 2.21. The topological polar surface area (TPSA) is 86.3 Å². The highest BCUT2D eigenvalue weighted by molar-refractivity contribution is 5.92. The van der Waals surface area contributed by atoms with Crippen molar-refractivity contribution in [3.05, 3.63) is 28.4 Å². The smallest absolute Gasteiger partial charge is 0.274 e. The number of H-pyrrole nitrogens is 1. The minimum absolute atomic E-state index is 0.0454. The predicted octanol–water partition coefficient (Wildman–Crippen LogP) is -0.387. The lowest BCUT2D eigenvalue weighted by atomic mass is 10.0. The highest BCUT2D eigenvalue weighted by atomic mass is 16.3. The van der Waals surface area contributed by atoms with E-state index < -0.39 is 0 Å². The van der Waals surface area contributed by atoms with Crippen LogP contribution < -0.4 is 5.56 Å². The van der Waals surface area contributed by atoms with E-state index in [1.165, 1.54) is 6.20 Å². The second-order valence-electron chi connectivity index (χ2n) is 4.31. The molecule has 0 saturated carbocycles. The van der Waals surface area contributed by atoms with E-state index in [1.807, 2.05) is 6.92 Å². The summed E-state index contributed by atoms with van der Waals surface area (Å²) in [4.78, 5) is 30.8. The zero-order chi connectivity index (χ0) is 12.4. The number of aliphatic hydroxyl groups excluding tert-OH is 1. The molecule has 0 radical (unpaired) electrons. The van der Waals surface area contributed by atoms with Crippen LogP contribution in [0.25, 0.3) is 0 Å². The molecule has 1 aliphatic heterocycles. The highest BCUT2D eigenvalue weighted by Crippen LogP contribution is 2.24. The predicted molar refractivity (Wildman–Crippen MR) is 60.5 cm³/mol. The molecule has 2 heterocycles. The molecular formula is C11H15N3O3. The first-order valence-electron chi connectivity index (χ1n) is 5.60. The molecule has 2 atom stereocenters. The number of aromatic amines is 1. The SMILES string of the molecule is CC1CCN(C(=O)c2c[nH]c(=O)cn2)C1CO. The fourth-order valence-electron chi connectivity index (χ4n) is 2.15. The van der Waals surface area contributed by atoms with Crippen molar-refractivity contribution in [2.75, 3.05) is 13.2 Å². The van der Waals surface area contributed by atoms with Crippen LogP contribution in [0.3, 0.4) is 0 Å². The van der Waals surface area contributed by atoms with Crippen molar-refractivity contribution in [3.8, 4) is 0 Å². The van der Waals surface area contributed by atoms with Gasteiger partial charge in [-0.1, -0.05) is 6.92 Å². The lowest BCUT2D eigenvalue weighted by Crippen LogP contribution is -2.40. The second-order valence-corrected chi connectivity index (χ2v) is 4.31. The maximum Gasteiger partial charge on any atom is 0.274 e. The molecule has 1 amide bonds. The summed E-state index contributed by atoms with van der Waals surface area (Å²) in [6.07, 6.45) is 3.27. The number of amides is 1. The molecule has 1 fully saturated rings. The average molecular weight is 237 g/mol. The van der Waals surface area contributed by atoms with Crippen LogP contribution in [0.4, 0.5) is 0 Å². The van der Waals surface area contributed by atoms with Crippen LogP contribution in [0.5, 0.6) is 0 Å². The molecule has 1 aromatic heterocycles. The van der Waals surface area contributed by atoms with Gasteiger partial charge < -0.3 is 15.0 Å². The summed E-state index contributed by atoms with van der Waals surface area (Å²) in [7, 11) is 0. The second kappa shape index (κ2) is 4.67. The fraction of sp³-hybridized carbons (Fsp3) is 0.545. The molecule has 1 saturated heterocycles. The fourth-order valence-corrected chi connectivity index (χ4v) is 2.15. The molecule has 6 heteroatoms. The third-order valence-electron chi connectivity index (χ3n) is 3.22. The molecule has 92 valence electrons. The van der Waals surface area contributed by atoms with Gasteiger partial charge in [0.1, 0.15) is 5.69 Å². The molecule has 0 bridgehead atoms. The summed E-state index contributed by atoms with van der Waals surface area (Å²) < 4.78 is 0. The molecule has 0 aliphatic carbocycles. The van der Waals surface area contributed by atoms with Gasteiger partial charge in [-0.25, -0.2) is 4.98 Å². The molecule has 17 heavy (non-hydrogen) atoms. The van der Waals surface area contributed by atoms with Gasteiger partial charge in [0.05, 0.1) is 18.8 Å². The Morgan fingerprint density at radius 3 is 3.06 bits per heavy atom. The van der Waals surface area contributed by atoms with Gasteiger partial charge in [-0.05, 0) is 12.3 Å². The van der Waals surface area contributed by atoms with Crippen LogP contribution in [0.2, 0.25) is 0 Å². The van der Waals surface area contributed by atoms with Gasteiger partial charge in [-0.15, -0.1) is 0 Å². The van der Waals surface area contributed by atoms with Crippen LogP contribution in [0, 0.1) is 5.92 Å². The van der Waals surface area contributed by atoms with Crippen molar-refractivity contribution in [1.82, 2.24) is 14.9 Å². The number of carbonyl (C=O) groups is 1. The lowest BCUT2D eigenvalue weighted by molar-refractivity contribution is 0.0642. The summed E-state index contributed by atoms with van der Waals surface area (Å²) in [6.45, 7) is 2.58. The van der Waals surface area contributed by atoms with Gasteiger partial charge >= 0.3 is 0 Å². The average Bonchev–Trinajstić information content (AvgIpc) is 2.70. The molecule has 1 aliphatic rings. The number of carbonyl (C=O) groups excluding carboxylic acids is 1. The van der Waals surface area contributed by atoms with Gasteiger partial charge in [0.15, 0.2) is 0 Å². The largest absolute Gasteiger partial charge is 0.394 e. The van der Waals surface area contributed by atoms with Crippen molar-refractivity contribution < 1.29 is 9.90 Å². The van der Waals surface area contributed by atoms with Gasteiger partial charge in [0, 0.05) is 12.7 Å². The maximum atomic E-state index is 12.1. The molecule has 0 aromatic carbocycles. The Balaban J connectivity index is 2.20. The van der Waals surface area contributed by atoms with Crippen molar-refractivity contribution in [2.24, 2.45) is 5.92 Å². The first kappa shape index (κ1) is 11.8. The Labute approximate surface area is 98.3 Å². The minimum atomic E-state index is -0.338. The van der Waals surface area contributed by atoms with Gasteiger partial charge in [-0.2, -0.15) is 0 Å². The zero-order valence-electron chi connectivity index (χ0n) is 9.59. The maximum absolute atomic E-state index is 12.1. The van der Waals surface area contributed by atoms with Crippen molar-refractivity contribution >= 4 is 5.91 Å². The van der Waals surface area contributed by atoms with E-state index in [2.05, 4.69) is 9.97 Å². The van der Waals surface area contributed by atoms with E-state index in [0.717, 1.165) is 12.6 Å². The van der Waals surface area contributed by atoms with Crippen molar-refractivity contribution in [3.63, 3.8) is 0 Å². The van der Waals surface area contributed by atoms with Gasteiger partial charge in [0.25, 0.3) is 11.5 Å². The molecule has 2 unspecified atom stereocenters. The summed E-state index contributed by atoms with van der Waals surface area (Å²) in [6, 6.07) is -0.156. The van der Waals surface area contributed by atoms with E-state index in [1.54, 1.807) is 4.90 Å². The number of nitrogens with one attached hydrogen (secondary N) is 1. The lowest BCUT2D eigenvalue weighted by Gasteiger charge is -2.24.